The zero-order chi connectivity index (χ0) is 29.2. The maximum Gasteiger partial charge on any atom is 0.222 e. The second-order valence-corrected chi connectivity index (χ2v) is 8.57. The van der Waals surface area contributed by atoms with Crippen molar-refractivity contribution in [3.63, 3.8) is 0 Å². The number of amides is 1. The van der Waals surface area contributed by atoms with Gasteiger partial charge in [0.25, 0.3) is 0 Å². The Morgan fingerprint density at radius 1 is 0.634 bits per heavy atom. The van der Waals surface area contributed by atoms with Gasteiger partial charge in [0, 0.05) is 25.1 Å². The standard InChI is InChI=1S/C27H44N6O8/c1-23-30-32-27(33-31-23)25-4-2-24(3-5-25)22-29-26(34)6-8-35-10-12-37-14-16-39-18-20-41-21-19-40-17-15-38-13-11-36-9-7-28/h2-5H,6-22,28H2,1H3,(H,29,34). The highest BCUT2D eigenvalue weighted by molar-refractivity contribution is 5.76. The van der Waals surface area contributed by atoms with Crippen LogP contribution < -0.4 is 11.1 Å². The summed E-state index contributed by atoms with van der Waals surface area (Å²) in [7, 11) is 0. The summed E-state index contributed by atoms with van der Waals surface area (Å²) in [6.07, 6.45) is 0.277. The third-order valence-corrected chi connectivity index (χ3v) is 5.25. The van der Waals surface area contributed by atoms with E-state index in [4.69, 9.17) is 38.9 Å². The van der Waals surface area contributed by atoms with Gasteiger partial charge in [-0.25, -0.2) is 0 Å². The Hall–Kier alpha value is -2.69. The van der Waals surface area contributed by atoms with Gasteiger partial charge in [0.1, 0.15) is 0 Å². The van der Waals surface area contributed by atoms with Crippen molar-refractivity contribution in [1.29, 1.82) is 0 Å². The molecule has 0 bridgehead atoms. The highest BCUT2D eigenvalue weighted by Crippen LogP contribution is 2.14. The Morgan fingerprint density at radius 3 is 1.49 bits per heavy atom. The quantitative estimate of drug-likeness (QED) is 0.146. The van der Waals surface area contributed by atoms with Crippen LogP contribution in [0.5, 0.6) is 0 Å². The van der Waals surface area contributed by atoms with Crippen LogP contribution in [-0.4, -0.2) is 125 Å². The molecule has 0 radical (unpaired) electrons. The summed E-state index contributed by atoms with van der Waals surface area (Å²) in [5, 5.41) is 18.7. The van der Waals surface area contributed by atoms with Crippen LogP contribution in [0.1, 0.15) is 17.8 Å². The Bertz CT molecular complexity index is 908. The van der Waals surface area contributed by atoms with Crippen LogP contribution >= 0.6 is 0 Å². The Morgan fingerprint density at radius 2 is 1.05 bits per heavy atom. The van der Waals surface area contributed by atoms with E-state index >= 15 is 0 Å². The van der Waals surface area contributed by atoms with Gasteiger partial charge in [-0.15, -0.1) is 20.4 Å². The first-order chi connectivity index (χ1) is 20.2. The number of aryl methyl sites for hydroxylation is 1. The lowest BCUT2D eigenvalue weighted by molar-refractivity contribution is -0.122. The van der Waals surface area contributed by atoms with Crippen molar-refractivity contribution >= 4 is 5.91 Å². The minimum absolute atomic E-state index is 0.0818. The zero-order valence-corrected chi connectivity index (χ0v) is 24.0. The Kier molecular flexibility index (Phi) is 20.2. The van der Waals surface area contributed by atoms with Gasteiger partial charge in [0.2, 0.25) is 11.7 Å². The van der Waals surface area contributed by atoms with Crippen LogP contribution in [0.4, 0.5) is 0 Å². The molecule has 2 aromatic rings. The average molecular weight is 581 g/mol. The van der Waals surface area contributed by atoms with E-state index < -0.39 is 0 Å². The molecule has 14 heteroatoms. The summed E-state index contributed by atoms with van der Waals surface area (Å²) in [4.78, 5) is 12.0. The fourth-order valence-electron chi connectivity index (χ4n) is 3.13. The largest absolute Gasteiger partial charge is 0.379 e. The first-order valence-corrected chi connectivity index (χ1v) is 13.8. The van der Waals surface area contributed by atoms with Gasteiger partial charge in [0.05, 0.1) is 92.5 Å². The molecule has 1 aromatic heterocycles. The second kappa shape index (κ2) is 24.0. The van der Waals surface area contributed by atoms with E-state index in [-0.39, 0.29) is 12.3 Å². The number of carbonyl (C=O) groups is 1. The predicted octanol–water partition coefficient (Wildman–Crippen LogP) is 0.323. The number of hydrogen-bond donors (Lipinski definition) is 2. The van der Waals surface area contributed by atoms with Gasteiger partial charge in [-0.3, -0.25) is 4.79 Å². The smallest absolute Gasteiger partial charge is 0.222 e. The maximum atomic E-state index is 12.0. The summed E-state index contributed by atoms with van der Waals surface area (Å²) in [5.41, 5.74) is 7.10. The van der Waals surface area contributed by atoms with E-state index in [1.54, 1.807) is 6.92 Å². The summed E-state index contributed by atoms with van der Waals surface area (Å²) in [6.45, 7) is 9.45. The van der Waals surface area contributed by atoms with Crippen molar-refractivity contribution in [3.05, 3.63) is 35.7 Å². The van der Waals surface area contributed by atoms with Crippen molar-refractivity contribution in [3.8, 4) is 11.4 Å². The molecule has 0 spiro atoms. The van der Waals surface area contributed by atoms with Gasteiger partial charge >= 0.3 is 0 Å². The van der Waals surface area contributed by atoms with Crippen LogP contribution in [0.2, 0.25) is 0 Å². The first-order valence-electron chi connectivity index (χ1n) is 13.8. The summed E-state index contributed by atoms with van der Waals surface area (Å²) >= 11 is 0. The van der Waals surface area contributed by atoms with Crippen molar-refractivity contribution in [1.82, 2.24) is 25.7 Å². The van der Waals surface area contributed by atoms with Crippen molar-refractivity contribution < 1.29 is 38.0 Å². The molecule has 0 unspecified atom stereocenters. The number of nitrogens with one attached hydrogen (secondary N) is 1. The molecule has 14 nitrogen and oxygen atoms in total. The summed E-state index contributed by atoms with van der Waals surface area (Å²) < 4.78 is 37.8. The molecule has 1 amide bonds. The number of nitrogens with zero attached hydrogens (tertiary/aromatic N) is 4. The van der Waals surface area contributed by atoms with Gasteiger partial charge in [-0.1, -0.05) is 24.3 Å². The molecular weight excluding hydrogens is 536 g/mol. The molecule has 0 fully saturated rings. The molecule has 0 aliphatic heterocycles. The van der Waals surface area contributed by atoms with E-state index in [1.807, 2.05) is 24.3 Å². The summed E-state index contributed by atoms with van der Waals surface area (Å²) in [5.74, 6) is 0.898. The molecule has 0 atom stereocenters. The number of nitrogens with two attached hydrogens (primary N) is 1. The molecule has 2 rings (SSSR count). The van der Waals surface area contributed by atoms with Crippen LogP contribution in [0.25, 0.3) is 11.4 Å². The molecule has 230 valence electrons. The summed E-state index contributed by atoms with van der Waals surface area (Å²) in [6, 6.07) is 7.56. The number of aromatic nitrogens is 4. The number of benzene rings is 1. The second-order valence-electron chi connectivity index (χ2n) is 8.57. The minimum atomic E-state index is -0.0818. The predicted molar refractivity (Wildman–Crippen MR) is 149 cm³/mol. The average Bonchev–Trinajstić information content (AvgIpc) is 2.99. The van der Waals surface area contributed by atoms with E-state index in [1.165, 1.54) is 0 Å². The van der Waals surface area contributed by atoms with E-state index in [0.29, 0.717) is 117 Å². The molecule has 3 N–H and O–H groups in total. The molecule has 1 heterocycles. The molecule has 1 aromatic carbocycles. The van der Waals surface area contributed by atoms with Gasteiger partial charge in [-0.05, 0) is 12.5 Å². The lowest BCUT2D eigenvalue weighted by atomic mass is 10.1. The normalized spacial score (nSPS) is 11.2. The third kappa shape index (κ3) is 18.4. The number of ether oxygens (including phenoxy) is 7. The van der Waals surface area contributed by atoms with Crippen molar-refractivity contribution in [2.24, 2.45) is 5.73 Å². The van der Waals surface area contributed by atoms with E-state index in [9.17, 15) is 4.79 Å². The van der Waals surface area contributed by atoms with Crippen LogP contribution in [0.3, 0.4) is 0 Å². The Labute approximate surface area is 241 Å². The highest BCUT2D eigenvalue weighted by atomic mass is 16.6. The first kappa shape index (κ1) is 34.5. The van der Waals surface area contributed by atoms with E-state index in [0.717, 1.165) is 11.1 Å². The number of rotatable bonds is 26. The maximum absolute atomic E-state index is 12.0. The fourth-order valence-corrected chi connectivity index (χ4v) is 3.13. The molecule has 41 heavy (non-hydrogen) atoms. The van der Waals surface area contributed by atoms with Gasteiger partial charge in [0.15, 0.2) is 5.82 Å². The zero-order valence-electron chi connectivity index (χ0n) is 24.0. The third-order valence-electron chi connectivity index (χ3n) is 5.25. The van der Waals surface area contributed by atoms with Gasteiger partial charge in [-0.2, -0.15) is 0 Å². The molecule has 0 saturated heterocycles. The minimum Gasteiger partial charge on any atom is -0.379 e. The van der Waals surface area contributed by atoms with Crippen LogP contribution in [0, 0.1) is 6.92 Å². The van der Waals surface area contributed by atoms with Gasteiger partial charge < -0.3 is 44.2 Å². The number of carbonyl (C=O) groups excluding carboxylic acids is 1. The molecule has 0 aliphatic rings. The molecule has 0 aliphatic carbocycles. The van der Waals surface area contributed by atoms with Crippen molar-refractivity contribution in [2.45, 2.75) is 19.9 Å². The topological polar surface area (TPSA) is 171 Å². The molecular formula is C27H44N6O8. The SMILES string of the molecule is Cc1nnc(-c2ccc(CNC(=O)CCOCCOCCOCCOCCOCCOCCOCCN)cc2)nn1. The van der Waals surface area contributed by atoms with Crippen molar-refractivity contribution in [2.75, 3.05) is 99.0 Å². The number of hydrogen-bond acceptors (Lipinski definition) is 13. The van der Waals surface area contributed by atoms with Crippen LogP contribution in [0.15, 0.2) is 24.3 Å². The Balaban J connectivity index is 1.30. The van der Waals surface area contributed by atoms with E-state index in [2.05, 4.69) is 25.7 Å². The fraction of sp³-hybridized carbons (Fsp3) is 0.667. The monoisotopic (exact) mass is 580 g/mol. The highest BCUT2D eigenvalue weighted by Gasteiger charge is 2.05. The lowest BCUT2D eigenvalue weighted by Gasteiger charge is -2.09. The molecule has 0 saturated carbocycles. The van der Waals surface area contributed by atoms with Crippen LogP contribution in [-0.2, 0) is 44.5 Å². The lowest BCUT2D eigenvalue weighted by Crippen LogP contribution is -2.24.